The summed E-state index contributed by atoms with van der Waals surface area (Å²) >= 11 is 0. The Balaban J connectivity index is 2.02. The molecule has 0 bridgehead atoms. The van der Waals surface area contributed by atoms with Gasteiger partial charge in [-0.05, 0) is 30.6 Å². The number of hydrogen-bond donors (Lipinski definition) is 2. The number of nitrogens with zero attached hydrogens (tertiary/aromatic N) is 3. The van der Waals surface area contributed by atoms with Gasteiger partial charge in [-0.25, -0.2) is 0 Å². The van der Waals surface area contributed by atoms with Crippen molar-refractivity contribution in [2.45, 2.75) is 40.0 Å². The highest BCUT2D eigenvalue weighted by Gasteiger charge is 2.45. The second-order valence-electron chi connectivity index (χ2n) is 5.77. The summed E-state index contributed by atoms with van der Waals surface area (Å²) in [6.45, 7) is 8.39. The molecule has 1 fully saturated rings. The Morgan fingerprint density at radius 1 is 1.15 bits per heavy atom. The van der Waals surface area contributed by atoms with Gasteiger partial charge in [-0.3, -0.25) is 0 Å². The highest BCUT2D eigenvalue weighted by molar-refractivity contribution is 5.36. The largest absolute Gasteiger partial charge is 0.467 e. The minimum atomic E-state index is 0.343. The summed E-state index contributed by atoms with van der Waals surface area (Å²) in [6, 6.07) is 0.343. The SMILES string of the molecule is CCCNc1nc(NCC2(C(C)C)CC2)nc(OC)n1. The first-order chi connectivity index (χ1) is 9.59. The van der Waals surface area contributed by atoms with Crippen molar-refractivity contribution < 1.29 is 4.74 Å². The van der Waals surface area contributed by atoms with Gasteiger partial charge in [0.25, 0.3) is 0 Å². The van der Waals surface area contributed by atoms with Gasteiger partial charge in [-0.15, -0.1) is 0 Å². The number of nitrogens with one attached hydrogen (secondary N) is 2. The van der Waals surface area contributed by atoms with E-state index in [1.165, 1.54) is 12.8 Å². The van der Waals surface area contributed by atoms with E-state index < -0.39 is 0 Å². The van der Waals surface area contributed by atoms with Crippen molar-refractivity contribution in [1.29, 1.82) is 0 Å². The fourth-order valence-corrected chi connectivity index (χ4v) is 2.22. The molecule has 1 saturated carbocycles. The number of anilines is 2. The van der Waals surface area contributed by atoms with E-state index in [1.54, 1.807) is 7.11 Å². The summed E-state index contributed by atoms with van der Waals surface area (Å²) < 4.78 is 5.13. The molecule has 20 heavy (non-hydrogen) atoms. The van der Waals surface area contributed by atoms with Crippen LogP contribution in [0.4, 0.5) is 11.9 Å². The lowest BCUT2D eigenvalue weighted by molar-refractivity contribution is 0.373. The van der Waals surface area contributed by atoms with Crippen molar-refractivity contribution in [3.8, 4) is 6.01 Å². The molecular formula is C14H25N5O. The second kappa shape index (κ2) is 6.24. The molecule has 112 valence electrons. The summed E-state index contributed by atoms with van der Waals surface area (Å²) in [4.78, 5) is 12.8. The molecule has 0 amide bonds. The predicted octanol–water partition coefficient (Wildman–Crippen LogP) is 2.55. The van der Waals surface area contributed by atoms with Crippen molar-refractivity contribution in [3.05, 3.63) is 0 Å². The van der Waals surface area contributed by atoms with Crippen LogP contribution in [0, 0.1) is 11.3 Å². The Bertz CT molecular complexity index is 445. The predicted molar refractivity (Wildman–Crippen MR) is 80.2 cm³/mol. The molecule has 1 aliphatic rings. The molecule has 2 N–H and O–H groups in total. The molecule has 0 aromatic carbocycles. The van der Waals surface area contributed by atoms with Gasteiger partial charge in [0.2, 0.25) is 11.9 Å². The van der Waals surface area contributed by atoms with Crippen molar-refractivity contribution in [2.24, 2.45) is 11.3 Å². The van der Waals surface area contributed by atoms with Crippen LogP contribution >= 0.6 is 0 Å². The van der Waals surface area contributed by atoms with Gasteiger partial charge in [0.15, 0.2) is 0 Å². The van der Waals surface area contributed by atoms with Gasteiger partial charge in [0.1, 0.15) is 0 Å². The zero-order chi connectivity index (χ0) is 14.6. The first-order valence-electron chi connectivity index (χ1n) is 7.37. The van der Waals surface area contributed by atoms with E-state index in [0.29, 0.717) is 29.2 Å². The van der Waals surface area contributed by atoms with Crippen LogP contribution in [0.2, 0.25) is 0 Å². The third-order valence-corrected chi connectivity index (χ3v) is 4.05. The number of aromatic nitrogens is 3. The number of hydrogen-bond acceptors (Lipinski definition) is 6. The summed E-state index contributed by atoms with van der Waals surface area (Å²) in [5.74, 6) is 1.83. The average molecular weight is 279 g/mol. The van der Waals surface area contributed by atoms with Crippen LogP contribution in [0.25, 0.3) is 0 Å². The van der Waals surface area contributed by atoms with Gasteiger partial charge in [0.05, 0.1) is 7.11 Å². The number of methoxy groups -OCH3 is 1. The Morgan fingerprint density at radius 3 is 2.30 bits per heavy atom. The topological polar surface area (TPSA) is 72.0 Å². The van der Waals surface area contributed by atoms with Crippen LogP contribution in [0.5, 0.6) is 6.01 Å². The normalized spacial score (nSPS) is 16.1. The monoisotopic (exact) mass is 279 g/mol. The molecule has 2 rings (SSSR count). The maximum absolute atomic E-state index is 5.13. The van der Waals surface area contributed by atoms with Gasteiger partial charge < -0.3 is 15.4 Å². The van der Waals surface area contributed by atoms with Crippen LogP contribution in [0.3, 0.4) is 0 Å². The Morgan fingerprint density at radius 2 is 1.80 bits per heavy atom. The Kier molecular flexibility index (Phi) is 4.62. The van der Waals surface area contributed by atoms with Gasteiger partial charge in [-0.2, -0.15) is 15.0 Å². The number of rotatable bonds is 8. The van der Waals surface area contributed by atoms with Crippen molar-refractivity contribution in [2.75, 3.05) is 30.8 Å². The molecule has 0 atom stereocenters. The Labute approximate surface area is 120 Å². The summed E-state index contributed by atoms with van der Waals surface area (Å²) in [7, 11) is 1.57. The molecule has 1 heterocycles. The van der Waals surface area contributed by atoms with E-state index in [2.05, 4.69) is 46.4 Å². The molecule has 0 spiro atoms. The van der Waals surface area contributed by atoms with E-state index in [1.807, 2.05) is 0 Å². The first kappa shape index (κ1) is 14.8. The molecular weight excluding hydrogens is 254 g/mol. The molecule has 1 aliphatic carbocycles. The van der Waals surface area contributed by atoms with Gasteiger partial charge >= 0.3 is 6.01 Å². The zero-order valence-corrected chi connectivity index (χ0v) is 12.9. The average Bonchev–Trinajstić information content (AvgIpc) is 3.24. The van der Waals surface area contributed by atoms with E-state index in [9.17, 15) is 0 Å². The lowest BCUT2D eigenvalue weighted by Gasteiger charge is -2.20. The van der Waals surface area contributed by atoms with Crippen LogP contribution in [0.15, 0.2) is 0 Å². The summed E-state index contributed by atoms with van der Waals surface area (Å²) in [5, 5.41) is 6.50. The molecule has 6 nitrogen and oxygen atoms in total. The molecule has 1 aromatic heterocycles. The van der Waals surface area contributed by atoms with Crippen molar-refractivity contribution in [3.63, 3.8) is 0 Å². The van der Waals surface area contributed by atoms with E-state index in [4.69, 9.17) is 4.74 Å². The van der Waals surface area contributed by atoms with E-state index >= 15 is 0 Å². The lowest BCUT2D eigenvalue weighted by Crippen LogP contribution is -2.22. The third-order valence-electron chi connectivity index (χ3n) is 4.05. The fraction of sp³-hybridized carbons (Fsp3) is 0.786. The molecule has 0 radical (unpaired) electrons. The maximum Gasteiger partial charge on any atom is 0.322 e. The third kappa shape index (κ3) is 3.49. The molecule has 0 unspecified atom stereocenters. The van der Waals surface area contributed by atoms with Crippen LogP contribution in [-0.4, -0.2) is 35.2 Å². The second-order valence-corrected chi connectivity index (χ2v) is 5.77. The zero-order valence-electron chi connectivity index (χ0n) is 12.9. The summed E-state index contributed by atoms with van der Waals surface area (Å²) in [5.41, 5.74) is 0.414. The lowest BCUT2D eigenvalue weighted by atomic mass is 9.92. The highest BCUT2D eigenvalue weighted by Crippen LogP contribution is 2.51. The van der Waals surface area contributed by atoms with Crippen molar-refractivity contribution in [1.82, 2.24) is 15.0 Å². The fourth-order valence-electron chi connectivity index (χ4n) is 2.22. The summed E-state index contributed by atoms with van der Waals surface area (Å²) in [6.07, 6.45) is 3.58. The maximum atomic E-state index is 5.13. The molecule has 0 aliphatic heterocycles. The highest BCUT2D eigenvalue weighted by atomic mass is 16.5. The quantitative estimate of drug-likeness (QED) is 0.762. The minimum Gasteiger partial charge on any atom is -0.467 e. The van der Waals surface area contributed by atoms with Crippen LogP contribution in [0.1, 0.15) is 40.0 Å². The first-order valence-corrected chi connectivity index (χ1v) is 7.37. The molecule has 0 saturated heterocycles. The van der Waals surface area contributed by atoms with Gasteiger partial charge in [-0.1, -0.05) is 20.8 Å². The molecule has 6 heteroatoms. The smallest absolute Gasteiger partial charge is 0.322 e. The van der Waals surface area contributed by atoms with Crippen LogP contribution < -0.4 is 15.4 Å². The van der Waals surface area contributed by atoms with Crippen molar-refractivity contribution >= 4 is 11.9 Å². The standard InChI is InChI=1S/C14H25N5O/c1-5-8-15-11-17-12(19-13(18-11)20-4)16-9-14(6-7-14)10(2)3/h10H,5-9H2,1-4H3,(H2,15,16,17,18,19). The van der Waals surface area contributed by atoms with Crippen LogP contribution in [-0.2, 0) is 0 Å². The molecule has 1 aromatic rings. The van der Waals surface area contributed by atoms with Gasteiger partial charge in [0, 0.05) is 13.1 Å². The van der Waals surface area contributed by atoms with E-state index in [-0.39, 0.29) is 0 Å². The van der Waals surface area contributed by atoms with E-state index in [0.717, 1.165) is 19.5 Å². The number of ether oxygens (including phenoxy) is 1. The Hall–Kier alpha value is -1.59. The minimum absolute atomic E-state index is 0.343.